The van der Waals surface area contributed by atoms with Crippen LogP contribution >= 0.6 is 39.7 Å². The Labute approximate surface area is 97.6 Å². The Kier molecular flexibility index (Phi) is 5.88. The zero-order chi connectivity index (χ0) is 9.14. The third kappa shape index (κ3) is 4.27. The van der Waals surface area contributed by atoms with Crippen LogP contribution in [-0.4, -0.2) is 0 Å². The molecular formula is C9H13BrClNS. The van der Waals surface area contributed by atoms with Crippen LogP contribution in [0.25, 0.3) is 0 Å². The molecule has 0 unspecified atom stereocenters. The largest absolute Gasteiger partial charge is 0.323 e. The molecule has 0 radical (unpaired) electrons. The van der Waals surface area contributed by atoms with Crippen molar-refractivity contribution in [2.24, 2.45) is 5.73 Å². The van der Waals surface area contributed by atoms with Crippen LogP contribution in [0.3, 0.4) is 0 Å². The van der Waals surface area contributed by atoms with Gasteiger partial charge in [0.15, 0.2) is 0 Å². The fourth-order valence-electron chi connectivity index (χ4n) is 1.00. The molecule has 4 heteroatoms. The van der Waals surface area contributed by atoms with Gasteiger partial charge in [-0.3, -0.25) is 0 Å². The van der Waals surface area contributed by atoms with E-state index in [1.54, 1.807) is 11.3 Å². The van der Waals surface area contributed by atoms with Crippen LogP contribution in [0, 0.1) is 0 Å². The van der Waals surface area contributed by atoms with Crippen molar-refractivity contribution in [3.05, 3.63) is 32.9 Å². The van der Waals surface area contributed by atoms with Crippen molar-refractivity contribution in [2.45, 2.75) is 19.4 Å². The van der Waals surface area contributed by atoms with E-state index in [1.807, 2.05) is 13.0 Å². The average Bonchev–Trinajstić information content (AvgIpc) is 2.34. The van der Waals surface area contributed by atoms with Gasteiger partial charge in [0.05, 0.1) is 3.79 Å². The van der Waals surface area contributed by atoms with Crippen molar-refractivity contribution in [1.82, 2.24) is 0 Å². The molecule has 0 fully saturated rings. The summed E-state index contributed by atoms with van der Waals surface area (Å²) in [6.45, 7) is 5.84. The molecule has 0 bridgehead atoms. The summed E-state index contributed by atoms with van der Waals surface area (Å²) in [4.78, 5) is 1.21. The minimum absolute atomic E-state index is 0. The number of hydrogen-bond donors (Lipinski definition) is 1. The lowest BCUT2D eigenvalue weighted by Crippen LogP contribution is -2.08. The minimum atomic E-state index is 0. The standard InChI is InChI=1S/C9H12BrNS.ClH/c1-6(2)5-7(11)8-3-4-9(10)12-8;/h3-4,7H,1,5,11H2,2H3;1H/t7-;/m0./s1. The molecule has 0 aliphatic rings. The van der Waals surface area contributed by atoms with E-state index in [9.17, 15) is 0 Å². The Bertz CT molecular complexity index is 285. The van der Waals surface area contributed by atoms with Crippen LogP contribution in [0.2, 0.25) is 0 Å². The maximum atomic E-state index is 5.94. The van der Waals surface area contributed by atoms with Crippen LogP contribution < -0.4 is 5.73 Å². The normalized spacial score (nSPS) is 11.9. The molecule has 0 saturated heterocycles. The molecule has 13 heavy (non-hydrogen) atoms. The monoisotopic (exact) mass is 281 g/mol. The molecule has 0 aromatic carbocycles. The predicted octanol–water partition coefficient (Wildman–Crippen LogP) is 3.90. The van der Waals surface area contributed by atoms with E-state index in [0.717, 1.165) is 15.8 Å². The zero-order valence-corrected chi connectivity index (χ0v) is 10.6. The fraction of sp³-hybridized carbons (Fsp3) is 0.333. The first-order chi connectivity index (χ1) is 5.59. The third-order valence-electron chi connectivity index (χ3n) is 1.53. The van der Waals surface area contributed by atoms with Gasteiger partial charge in [0.1, 0.15) is 0 Å². The molecule has 0 aliphatic carbocycles. The summed E-state index contributed by atoms with van der Waals surface area (Å²) in [6.07, 6.45) is 0.868. The third-order valence-corrected chi connectivity index (χ3v) is 3.28. The van der Waals surface area contributed by atoms with Crippen molar-refractivity contribution in [3.63, 3.8) is 0 Å². The van der Waals surface area contributed by atoms with Gasteiger partial charge in [-0.1, -0.05) is 5.57 Å². The highest BCUT2D eigenvalue weighted by Gasteiger charge is 2.07. The van der Waals surface area contributed by atoms with Gasteiger partial charge in [-0.05, 0) is 41.4 Å². The van der Waals surface area contributed by atoms with Gasteiger partial charge in [-0.2, -0.15) is 0 Å². The van der Waals surface area contributed by atoms with Gasteiger partial charge in [-0.25, -0.2) is 0 Å². The van der Waals surface area contributed by atoms with Crippen LogP contribution in [0.15, 0.2) is 28.1 Å². The fourth-order valence-corrected chi connectivity index (χ4v) is 2.43. The van der Waals surface area contributed by atoms with Crippen molar-refractivity contribution < 1.29 is 0 Å². The summed E-state index contributed by atoms with van der Waals surface area (Å²) in [7, 11) is 0. The zero-order valence-electron chi connectivity index (χ0n) is 7.42. The SMILES string of the molecule is C=C(C)C[C@H](N)c1ccc(Br)s1.Cl. The van der Waals surface area contributed by atoms with Crippen LogP contribution in [0.1, 0.15) is 24.3 Å². The summed E-state index contributed by atoms with van der Waals surface area (Å²) in [5.74, 6) is 0. The Hall–Kier alpha value is 0.170. The molecule has 0 amide bonds. The molecular weight excluding hydrogens is 270 g/mol. The van der Waals surface area contributed by atoms with Gasteiger partial charge in [0, 0.05) is 10.9 Å². The second-order valence-electron chi connectivity index (χ2n) is 2.91. The van der Waals surface area contributed by atoms with E-state index < -0.39 is 0 Å². The van der Waals surface area contributed by atoms with Crippen LogP contribution in [-0.2, 0) is 0 Å². The number of rotatable bonds is 3. The highest BCUT2D eigenvalue weighted by molar-refractivity contribution is 9.11. The first kappa shape index (κ1) is 13.2. The average molecular weight is 283 g/mol. The molecule has 0 aliphatic heterocycles. The summed E-state index contributed by atoms with van der Waals surface area (Å²) < 4.78 is 1.13. The summed E-state index contributed by atoms with van der Waals surface area (Å²) in [5, 5.41) is 0. The van der Waals surface area contributed by atoms with E-state index in [4.69, 9.17) is 5.73 Å². The molecule has 1 rings (SSSR count). The van der Waals surface area contributed by atoms with Gasteiger partial charge in [0.25, 0.3) is 0 Å². The van der Waals surface area contributed by atoms with E-state index in [1.165, 1.54) is 4.88 Å². The van der Waals surface area contributed by atoms with Crippen molar-refractivity contribution in [1.29, 1.82) is 0 Å². The number of halogens is 2. The number of nitrogens with two attached hydrogens (primary N) is 1. The Morgan fingerprint density at radius 3 is 2.69 bits per heavy atom. The molecule has 0 saturated carbocycles. The lowest BCUT2D eigenvalue weighted by atomic mass is 10.1. The van der Waals surface area contributed by atoms with E-state index in [0.29, 0.717) is 0 Å². The molecule has 1 nitrogen and oxygen atoms in total. The predicted molar refractivity (Wildman–Crippen MR) is 65.6 cm³/mol. The Morgan fingerprint density at radius 2 is 2.31 bits per heavy atom. The Morgan fingerprint density at radius 1 is 1.69 bits per heavy atom. The quantitative estimate of drug-likeness (QED) is 0.836. The number of hydrogen-bond acceptors (Lipinski definition) is 2. The highest BCUT2D eigenvalue weighted by Crippen LogP contribution is 2.28. The van der Waals surface area contributed by atoms with Gasteiger partial charge in [-0.15, -0.1) is 30.3 Å². The van der Waals surface area contributed by atoms with Crippen molar-refractivity contribution in [3.8, 4) is 0 Å². The topological polar surface area (TPSA) is 26.0 Å². The highest BCUT2D eigenvalue weighted by atomic mass is 79.9. The van der Waals surface area contributed by atoms with Gasteiger partial charge in [0.2, 0.25) is 0 Å². The molecule has 1 aromatic heterocycles. The molecule has 1 aromatic rings. The first-order valence-corrected chi connectivity index (χ1v) is 5.35. The van der Waals surface area contributed by atoms with E-state index >= 15 is 0 Å². The second-order valence-corrected chi connectivity index (χ2v) is 5.40. The molecule has 1 heterocycles. The van der Waals surface area contributed by atoms with Crippen LogP contribution in [0.5, 0.6) is 0 Å². The summed E-state index contributed by atoms with van der Waals surface area (Å²) in [6, 6.07) is 4.19. The smallest absolute Gasteiger partial charge is 0.0701 e. The molecule has 74 valence electrons. The van der Waals surface area contributed by atoms with Crippen LogP contribution in [0.4, 0.5) is 0 Å². The molecule has 1 atom stereocenters. The molecule has 0 spiro atoms. The summed E-state index contributed by atoms with van der Waals surface area (Å²) in [5.41, 5.74) is 7.07. The second kappa shape index (κ2) is 5.81. The van der Waals surface area contributed by atoms with Gasteiger partial charge < -0.3 is 5.73 Å². The maximum absolute atomic E-state index is 5.94. The minimum Gasteiger partial charge on any atom is -0.323 e. The molecule has 2 N–H and O–H groups in total. The summed E-state index contributed by atoms with van der Waals surface area (Å²) >= 11 is 5.10. The first-order valence-electron chi connectivity index (χ1n) is 3.75. The van der Waals surface area contributed by atoms with Crippen molar-refractivity contribution >= 4 is 39.7 Å². The van der Waals surface area contributed by atoms with Crippen molar-refractivity contribution in [2.75, 3.05) is 0 Å². The maximum Gasteiger partial charge on any atom is 0.0701 e. The lowest BCUT2D eigenvalue weighted by molar-refractivity contribution is 0.731. The Balaban J connectivity index is 0.00000144. The number of thiophene rings is 1. The van der Waals surface area contributed by atoms with E-state index in [2.05, 4.69) is 28.6 Å². The van der Waals surface area contributed by atoms with Gasteiger partial charge >= 0.3 is 0 Å². The lowest BCUT2D eigenvalue weighted by Gasteiger charge is -2.07. The van der Waals surface area contributed by atoms with E-state index in [-0.39, 0.29) is 18.4 Å².